The van der Waals surface area contributed by atoms with Crippen molar-refractivity contribution >= 4 is 22.7 Å². The second-order valence-electron chi connectivity index (χ2n) is 7.55. The molecule has 0 spiro atoms. The average molecular weight is 427 g/mol. The monoisotopic (exact) mass is 427 g/mol. The van der Waals surface area contributed by atoms with Gasteiger partial charge < -0.3 is 19.3 Å². The van der Waals surface area contributed by atoms with Gasteiger partial charge in [0.2, 0.25) is 0 Å². The molecule has 2 aromatic carbocycles. The minimum Gasteiger partial charge on any atom is -0.505 e. The number of phenolic OH excluding ortho intramolecular Hbond substituents is 1. The van der Waals surface area contributed by atoms with E-state index in [1.807, 2.05) is 11.5 Å². The van der Waals surface area contributed by atoms with Gasteiger partial charge in [-0.3, -0.25) is 9.59 Å². The number of Topliss-reactive ketones (excluding diaryl/α,β-unsaturated/α-hetero) is 1. The minimum atomic E-state index is -0.418. The van der Waals surface area contributed by atoms with Crippen LogP contribution in [-0.4, -0.2) is 59.1 Å². The molecule has 7 nitrogen and oxygen atoms in total. The van der Waals surface area contributed by atoms with Crippen LogP contribution in [0.15, 0.2) is 30.3 Å². The van der Waals surface area contributed by atoms with Crippen LogP contribution in [-0.2, 0) is 17.7 Å². The predicted molar refractivity (Wildman–Crippen MR) is 115 cm³/mol. The predicted octanol–water partition coefficient (Wildman–Crippen LogP) is 3.35. The number of amides is 1. The molecule has 0 saturated carbocycles. The molecule has 0 unspecified atom stereocenters. The molecule has 0 bridgehead atoms. The zero-order valence-corrected chi connectivity index (χ0v) is 18.1. The van der Waals surface area contributed by atoms with Gasteiger partial charge >= 0.3 is 0 Å². The largest absolute Gasteiger partial charge is 0.505 e. The van der Waals surface area contributed by atoms with E-state index in [1.54, 1.807) is 27.3 Å². The molecule has 164 valence electrons. The van der Waals surface area contributed by atoms with Crippen LogP contribution in [0.2, 0.25) is 0 Å². The van der Waals surface area contributed by atoms with E-state index in [0.29, 0.717) is 46.7 Å². The van der Waals surface area contributed by atoms with Gasteiger partial charge in [-0.05, 0) is 43.7 Å². The molecular formula is C23H26FN3O4. The number of methoxy groups -OCH3 is 1. The van der Waals surface area contributed by atoms with Crippen LogP contribution in [0.4, 0.5) is 4.39 Å². The first-order valence-electron chi connectivity index (χ1n) is 9.95. The van der Waals surface area contributed by atoms with Gasteiger partial charge in [-0.2, -0.15) is 0 Å². The number of ketones is 1. The van der Waals surface area contributed by atoms with Crippen LogP contribution in [0.3, 0.4) is 0 Å². The van der Waals surface area contributed by atoms with Gasteiger partial charge in [0.25, 0.3) is 5.91 Å². The van der Waals surface area contributed by atoms with Crippen LogP contribution in [0.5, 0.6) is 5.75 Å². The zero-order chi connectivity index (χ0) is 22.7. The molecule has 1 aromatic heterocycles. The molecule has 1 heterocycles. The van der Waals surface area contributed by atoms with E-state index < -0.39 is 5.82 Å². The first kappa shape index (κ1) is 22.4. The first-order chi connectivity index (χ1) is 14.7. The third-order valence-corrected chi connectivity index (χ3v) is 5.23. The lowest BCUT2D eigenvalue weighted by Gasteiger charge is -2.17. The van der Waals surface area contributed by atoms with Crippen molar-refractivity contribution < 1.29 is 23.8 Å². The molecule has 3 aromatic rings. The molecule has 0 fully saturated rings. The molecule has 31 heavy (non-hydrogen) atoms. The Balaban J connectivity index is 2.04. The smallest absolute Gasteiger partial charge is 0.253 e. The van der Waals surface area contributed by atoms with Crippen LogP contribution in [0.1, 0.15) is 38.5 Å². The molecule has 0 atom stereocenters. The topological polar surface area (TPSA) is 84.7 Å². The van der Waals surface area contributed by atoms with E-state index >= 15 is 0 Å². The maximum Gasteiger partial charge on any atom is 0.253 e. The van der Waals surface area contributed by atoms with Crippen LogP contribution >= 0.6 is 0 Å². The SMILES string of the molecule is COCCn1c(C)nc2cc(C(=O)N(C)C)c(CCC(=O)c3ccc(F)cc3)c(O)c21. The van der Waals surface area contributed by atoms with E-state index in [0.717, 1.165) is 0 Å². The number of phenols is 1. The Hall–Kier alpha value is -3.26. The number of fused-ring (bicyclic) bond motifs is 1. The molecular weight excluding hydrogens is 401 g/mol. The molecule has 0 radical (unpaired) electrons. The number of imidazole rings is 1. The molecule has 0 aliphatic heterocycles. The van der Waals surface area contributed by atoms with Crippen LogP contribution < -0.4 is 0 Å². The van der Waals surface area contributed by atoms with Gasteiger partial charge in [0.15, 0.2) is 5.78 Å². The highest BCUT2D eigenvalue weighted by molar-refractivity contribution is 6.02. The summed E-state index contributed by atoms with van der Waals surface area (Å²) in [5, 5.41) is 11.1. The van der Waals surface area contributed by atoms with Crippen molar-refractivity contribution in [3.8, 4) is 5.75 Å². The van der Waals surface area contributed by atoms with Gasteiger partial charge in [-0.1, -0.05) is 0 Å². The Bertz CT molecular complexity index is 1120. The minimum absolute atomic E-state index is 0.0591. The van der Waals surface area contributed by atoms with E-state index in [9.17, 15) is 19.1 Å². The normalized spacial score (nSPS) is 11.1. The lowest BCUT2D eigenvalue weighted by Crippen LogP contribution is -2.23. The number of aromatic hydroxyl groups is 1. The van der Waals surface area contributed by atoms with Gasteiger partial charge in [-0.15, -0.1) is 0 Å². The summed E-state index contributed by atoms with van der Waals surface area (Å²) in [6.07, 6.45) is 0.213. The fourth-order valence-electron chi connectivity index (χ4n) is 3.59. The van der Waals surface area contributed by atoms with E-state index in [1.165, 1.54) is 29.2 Å². The first-order valence-corrected chi connectivity index (χ1v) is 9.95. The van der Waals surface area contributed by atoms with Crippen LogP contribution in [0, 0.1) is 12.7 Å². The summed E-state index contributed by atoms with van der Waals surface area (Å²) >= 11 is 0. The highest BCUT2D eigenvalue weighted by Gasteiger charge is 2.24. The Kier molecular flexibility index (Phi) is 6.70. The van der Waals surface area contributed by atoms with Gasteiger partial charge in [0, 0.05) is 50.9 Å². The maximum atomic E-state index is 13.1. The number of hydrogen-bond acceptors (Lipinski definition) is 5. The Morgan fingerprint density at radius 1 is 1.23 bits per heavy atom. The van der Waals surface area contributed by atoms with E-state index in [-0.39, 0.29) is 30.3 Å². The van der Waals surface area contributed by atoms with Crippen molar-refractivity contribution in [3.63, 3.8) is 0 Å². The molecule has 3 rings (SSSR count). The Labute approximate surface area is 180 Å². The summed E-state index contributed by atoms with van der Waals surface area (Å²) in [5.41, 5.74) is 2.08. The van der Waals surface area contributed by atoms with Gasteiger partial charge in [0.05, 0.1) is 12.1 Å². The summed E-state index contributed by atoms with van der Waals surface area (Å²) in [6, 6.07) is 6.97. The second kappa shape index (κ2) is 9.26. The molecule has 0 saturated heterocycles. The molecule has 8 heteroatoms. The molecule has 0 aliphatic rings. The van der Waals surface area contributed by atoms with Crippen molar-refractivity contribution in [3.05, 3.63) is 58.7 Å². The number of halogens is 1. The number of carbonyl (C=O) groups excluding carboxylic acids is 2. The van der Waals surface area contributed by atoms with Crippen LogP contribution in [0.25, 0.3) is 11.0 Å². The maximum absolute atomic E-state index is 13.1. The highest BCUT2D eigenvalue weighted by atomic mass is 19.1. The van der Waals surface area contributed by atoms with Gasteiger partial charge in [0.1, 0.15) is 22.9 Å². The fraction of sp³-hybridized carbons (Fsp3) is 0.348. The lowest BCUT2D eigenvalue weighted by molar-refractivity contribution is 0.0825. The summed E-state index contributed by atoms with van der Waals surface area (Å²) in [5.74, 6) is -0.285. The zero-order valence-electron chi connectivity index (χ0n) is 18.1. The standard InChI is InChI=1S/C23H26FN3O4/c1-14-25-19-13-18(23(30)26(2)3)17(22(29)21(19)27(14)11-12-31-4)9-10-20(28)15-5-7-16(24)8-6-15/h5-8,13,29H,9-12H2,1-4H3. The lowest BCUT2D eigenvalue weighted by atomic mass is 9.96. The van der Waals surface area contributed by atoms with Crippen molar-refractivity contribution in [2.24, 2.45) is 0 Å². The fourth-order valence-corrected chi connectivity index (χ4v) is 3.59. The van der Waals surface area contributed by atoms with Crippen molar-refractivity contribution in [1.29, 1.82) is 0 Å². The quantitative estimate of drug-likeness (QED) is 0.558. The number of ether oxygens (including phenoxy) is 1. The van der Waals surface area contributed by atoms with Crippen molar-refractivity contribution in [2.75, 3.05) is 27.8 Å². The summed E-state index contributed by atoms with van der Waals surface area (Å²) in [4.78, 5) is 31.3. The number of rotatable bonds is 8. The Morgan fingerprint density at radius 3 is 2.52 bits per heavy atom. The summed E-state index contributed by atoms with van der Waals surface area (Å²) in [7, 11) is 4.84. The number of carbonyl (C=O) groups is 2. The molecule has 0 aliphatic carbocycles. The number of aromatic nitrogens is 2. The number of benzene rings is 2. The van der Waals surface area contributed by atoms with E-state index in [4.69, 9.17) is 4.74 Å². The number of aryl methyl sites for hydroxylation is 1. The third kappa shape index (κ3) is 4.59. The van der Waals surface area contributed by atoms with E-state index in [2.05, 4.69) is 4.98 Å². The van der Waals surface area contributed by atoms with Crippen molar-refractivity contribution in [2.45, 2.75) is 26.3 Å². The summed E-state index contributed by atoms with van der Waals surface area (Å²) in [6.45, 7) is 2.74. The average Bonchev–Trinajstić information content (AvgIpc) is 3.06. The number of hydrogen-bond donors (Lipinski definition) is 1. The molecule has 1 N–H and O–H groups in total. The molecule has 1 amide bonds. The summed E-state index contributed by atoms with van der Waals surface area (Å²) < 4.78 is 20.1. The Morgan fingerprint density at radius 2 is 1.90 bits per heavy atom. The highest BCUT2D eigenvalue weighted by Crippen LogP contribution is 2.34. The number of nitrogens with zero attached hydrogens (tertiary/aromatic N) is 3. The van der Waals surface area contributed by atoms with Crippen molar-refractivity contribution in [1.82, 2.24) is 14.5 Å². The van der Waals surface area contributed by atoms with Gasteiger partial charge in [-0.25, -0.2) is 9.37 Å². The third-order valence-electron chi connectivity index (χ3n) is 5.23. The second-order valence-corrected chi connectivity index (χ2v) is 7.55.